The van der Waals surface area contributed by atoms with Crippen LogP contribution in [0.5, 0.6) is 0 Å². The second-order valence-electron chi connectivity index (χ2n) is 3.12. The molecule has 1 N–H and O–H groups in total. The quantitative estimate of drug-likeness (QED) is 0.559. The van der Waals surface area contributed by atoms with Crippen molar-refractivity contribution in [3.63, 3.8) is 0 Å². The normalized spacial score (nSPS) is 29.0. The molecule has 0 aromatic rings. The molecule has 2 aliphatic rings. The van der Waals surface area contributed by atoms with Gasteiger partial charge < -0.3 is 10.1 Å². The van der Waals surface area contributed by atoms with Crippen molar-refractivity contribution in [1.29, 1.82) is 0 Å². The first-order valence-corrected chi connectivity index (χ1v) is 3.96. The van der Waals surface area contributed by atoms with E-state index in [0.29, 0.717) is 12.6 Å². The van der Waals surface area contributed by atoms with Gasteiger partial charge in [0.15, 0.2) is 5.88 Å². The van der Waals surface area contributed by atoms with E-state index in [0.717, 1.165) is 18.9 Å². The number of aliphatic imine (C=N–C) groups is 1. The number of hydrogen-bond donors (Lipinski definition) is 1. The van der Waals surface area contributed by atoms with Gasteiger partial charge in [-0.1, -0.05) is 6.92 Å². The van der Waals surface area contributed by atoms with Gasteiger partial charge in [-0.15, -0.1) is 0 Å². The fourth-order valence-electron chi connectivity index (χ4n) is 1.39. The van der Waals surface area contributed by atoms with E-state index in [-0.39, 0.29) is 0 Å². The molecule has 2 aliphatic heterocycles. The third kappa shape index (κ3) is 1.23. The van der Waals surface area contributed by atoms with Crippen molar-refractivity contribution in [1.82, 2.24) is 5.32 Å². The standard InChI is InChI=1S/C8H12N2O/c1-6-2-7-3-9-5-10-8(7)11-4-6/h3,6,10H,2,4-5H2,1H3. The van der Waals surface area contributed by atoms with Crippen molar-refractivity contribution in [2.24, 2.45) is 10.9 Å². The Balaban J connectivity index is 2.19. The van der Waals surface area contributed by atoms with E-state index in [9.17, 15) is 0 Å². The van der Waals surface area contributed by atoms with Crippen LogP contribution in [0.4, 0.5) is 0 Å². The predicted molar refractivity (Wildman–Crippen MR) is 43.3 cm³/mol. The maximum Gasteiger partial charge on any atom is 0.192 e. The van der Waals surface area contributed by atoms with Crippen LogP contribution in [0.3, 0.4) is 0 Å². The Morgan fingerprint density at radius 2 is 2.64 bits per heavy atom. The summed E-state index contributed by atoms with van der Waals surface area (Å²) in [6.45, 7) is 3.68. The largest absolute Gasteiger partial charge is 0.479 e. The summed E-state index contributed by atoms with van der Waals surface area (Å²) in [5, 5.41) is 3.10. The van der Waals surface area contributed by atoms with Gasteiger partial charge in [0.05, 0.1) is 6.61 Å². The third-order valence-electron chi connectivity index (χ3n) is 1.95. The summed E-state index contributed by atoms with van der Waals surface area (Å²) in [5.74, 6) is 1.57. The van der Waals surface area contributed by atoms with Crippen LogP contribution in [0.15, 0.2) is 16.4 Å². The molecule has 2 rings (SSSR count). The average Bonchev–Trinajstić information content (AvgIpc) is 2.04. The summed E-state index contributed by atoms with van der Waals surface area (Å²) < 4.78 is 5.47. The summed E-state index contributed by atoms with van der Waals surface area (Å²) in [4.78, 5) is 4.12. The molecule has 0 fully saturated rings. The van der Waals surface area contributed by atoms with Gasteiger partial charge >= 0.3 is 0 Å². The molecule has 3 heteroatoms. The van der Waals surface area contributed by atoms with Crippen LogP contribution in [0.1, 0.15) is 13.3 Å². The molecule has 0 radical (unpaired) electrons. The summed E-state index contributed by atoms with van der Waals surface area (Å²) in [7, 11) is 0. The van der Waals surface area contributed by atoms with Crippen LogP contribution < -0.4 is 5.32 Å². The molecule has 11 heavy (non-hydrogen) atoms. The molecule has 0 saturated heterocycles. The lowest BCUT2D eigenvalue weighted by Crippen LogP contribution is -2.28. The fraction of sp³-hybridized carbons (Fsp3) is 0.625. The molecule has 0 amide bonds. The Morgan fingerprint density at radius 3 is 3.55 bits per heavy atom. The number of ether oxygens (including phenoxy) is 1. The van der Waals surface area contributed by atoms with Gasteiger partial charge in [-0.2, -0.15) is 0 Å². The van der Waals surface area contributed by atoms with Gasteiger partial charge in [-0.3, -0.25) is 4.99 Å². The fourth-order valence-corrected chi connectivity index (χ4v) is 1.39. The molecule has 60 valence electrons. The maximum absolute atomic E-state index is 5.47. The third-order valence-corrected chi connectivity index (χ3v) is 1.95. The van der Waals surface area contributed by atoms with Crippen molar-refractivity contribution in [2.75, 3.05) is 13.3 Å². The Labute approximate surface area is 66.2 Å². The van der Waals surface area contributed by atoms with Crippen LogP contribution in [0.2, 0.25) is 0 Å². The smallest absolute Gasteiger partial charge is 0.192 e. The summed E-state index contributed by atoms with van der Waals surface area (Å²) in [6, 6.07) is 0. The number of nitrogens with one attached hydrogen (secondary N) is 1. The van der Waals surface area contributed by atoms with E-state index in [1.807, 2.05) is 6.21 Å². The zero-order valence-corrected chi connectivity index (χ0v) is 6.63. The second-order valence-corrected chi connectivity index (χ2v) is 3.12. The molecule has 0 bridgehead atoms. The van der Waals surface area contributed by atoms with Crippen LogP contribution in [0.25, 0.3) is 0 Å². The summed E-state index contributed by atoms with van der Waals surface area (Å²) >= 11 is 0. The maximum atomic E-state index is 5.47. The molecule has 0 aromatic heterocycles. The highest BCUT2D eigenvalue weighted by Gasteiger charge is 2.19. The molecule has 2 heterocycles. The molecule has 0 saturated carbocycles. The van der Waals surface area contributed by atoms with E-state index in [4.69, 9.17) is 4.74 Å². The molecule has 1 unspecified atom stereocenters. The van der Waals surface area contributed by atoms with Gasteiger partial charge in [-0.25, -0.2) is 0 Å². The lowest BCUT2D eigenvalue weighted by atomic mass is 10.0. The van der Waals surface area contributed by atoms with E-state index < -0.39 is 0 Å². The van der Waals surface area contributed by atoms with Crippen molar-refractivity contribution >= 4 is 6.21 Å². The molecular formula is C8H12N2O. The lowest BCUT2D eigenvalue weighted by molar-refractivity contribution is 0.133. The Bertz CT molecular complexity index is 220. The van der Waals surface area contributed by atoms with Crippen molar-refractivity contribution in [3.05, 3.63) is 11.5 Å². The summed E-state index contributed by atoms with van der Waals surface area (Å²) in [6.07, 6.45) is 3.01. The van der Waals surface area contributed by atoms with Gasteiger partial charge in [0.1, 0.15) is 6.67 Å². The minimum absolute atomic E-state index is 0.625. The van der Waals surface area contributed by atoms with Gasteiger partial charge in [-0.05, 0) is 12.3 Å². The van der Waals surface area contributed by atoms with E-state index in [1.165, 1.54) is 5.57 Å². The first-order valence-electron chi connectivity index (χ1n) is 3.96. The van der Waals surface area contributed by atoms with Crippen molar-refractivity contribution < 1.29 is 4.74 Å². The monoisotopic (exact) mass is 152 g/mol. The Morgan fingerprint density at radius 1 is 1.73 bits per heavy atom. The van der Waals surface area contributed by atoms with Gasteiger partial charge in [0.2, 0.25) is 0 Å². The lowest BCUT2D eigenvalue weighted by Gasteiger charge is -2.26. The number of hydrogen-bond acceptors (Lipinski definition) is 3. The molecule has 1 atom stereocenters. The van der Waals surface area contributed by atoms with Crippen molar-refractivity contribution in [2.45, 2.75) is 13.3 Å². The Kier molecular flexibility index (Phi) is 1.56. The SMILES string of the molecule is CC1COC2=C(C=NCN2)C1. The number of allylic oxidation sites excluding steroid dienone is 1. The minimum Gasteiger partial charge on any atom is -0.479 e. The molecule has 3 nitrogen and oxygen atoms in total. The first-order chi connectivity index (χ1) is 5.36. The summed E-state index contributed by atoms with van der Waals surface area (Å²) in [5.41, 5.74) is 1.22. The average molecular weight is 152 g/mol. The van der Waals surface area contributed by atoms with Gasteiger partial charge in [0.25, 0.3) is 0 Å². The first kappa shape index (κ1) is 6.70. The molecule has 0 aromatic carbocycles. The Hall–Kier alpha value is -0.990. The highest BCUT2D eigenvalue weighted by molar-refractivity contribution is 5.80. The highest BCUT2D eigenvalue weighted by Crippen LogP contribution is 2.21. The minimum atomic E-state index is 0.625. The van der Waals surface area contributed by atoms with Crippen LogP contribution in [-0.4, -0.2) is 19.5 Å². The molecule has 0 spiro atoms. The van der Waals surface area contributed by atoms with E-state index in [1.54, 1.807) is 0 Å². The van der Waals surface area contributed by atoms with E-state index in [2.05, 4.69) is 17.2 Å². The van der Waals surface area contributed by atoms with Crippen LogP contribution in [0, 0.1) is 5.92 Å². The predicted octanol–water partition coefficient (Wildman–Crippen LogP) is 0.886. The van der Waals surface area contributed by atoms with Crippen LogP contribution >= 0.6 is 0 Å². The zero-order chi connectivity index (χ0) is 7.68. The second kappa shape index (κ2) is 2.57. The van der Waals surface area contributed by atoms with Crippen LogP contribution in [-0.2, 0) is 4.74 Å². The number of rotatable bonds is 0. The topological polar surface area (TPSA) is 33.6 Å². The zero-order valence-electron chi connectivity index (χ0n) is 6.63. The highest BCUT2D eigenvalue weighted by atomic mass is 16.5. The van der Waals surface area contributed by atoms with Crippen molar-refractivity contribution in [3.8, 4) is 0 Å². The number of nitrogens with zero attached hydrogens (tertiary/aromatic N) is 1. The van der Waals surface area contributed by atoms with E-state index >= 15 is 0 Å². The van der Waals surface area contributed by atoms with Gasteiger partial charge in [0, 0.05) is 11.8 Å². The molecular weight excluding hydrogens is 140 g/mol. The molecule has 0 aliphatic carbocycles.